The maximum Gasteiger partial charge on any atom is 0.292 e. The van der Waals surface area contributed by atoms with Gasteiger partial charge in [-0.15, -0.1) is 5.43 Å². The molecule has 3 rings (SSSR count). The molecule has 0 heterocycles. The Morgan fingerprint density at radius 3 is 1.48 bits per heavy atom. The fourth-order valence-corrected chi connectivity index (χ4v) is 2.60. The van der Waals surface area contributed by atoms with Gasteiger partial charge in [0.05, 0.1) is 16.3 Å². The number of nitroso groups, excluding NO2 is 1. The highest BCUT2D eigenvalue weighted by Crippen LogP contribution is 2.23. The Balaban J connectivity index is 1.59. The van der Waals surface area contributed by atoms with E-state index in [1.807, 2.05) is 0 Å². The van der Waals surface area contributed by atoms with Gasteiger partial charge in [-0.3, -0.25) is 9.59 Å². The van der Waals surface area contributed by atoms with Crippen LogP contribution in [0.2, 0.25) is 0 Å². The zero-order chi connectivity index (χ0) is 22.2. The lowest BCUT2D eigenvalue weighted by Gasteiger charge is -2.02. The fourth-order valence-electron chi connectivity index (χ4n) is 2.60. The number of benzene rings is 3. The maximum absolute atomic E-state index is 12.3. The molecule has 0 aromatic heterocycles. The maximum atomic E-state index is 12.3. The Bertz CT molecular complexity index is 1110. The van der Waals surface area contributed by atoms with Crippen LogP contribution in [0.5, 0.6) is 0 Å². The average molecular weight is 417 g/mol. The van der Waals surface area contributed by atoms with Gasteiger partial charge in [-0.05, 0) is 60.7 Å². The van der Waals surface area contributed by atoms with Gasteiger partial charge in [0.2, 0.25) is 11.8 Å². The van der Waals surface area contributed by atoms with Crippen LogP contribution in [0, 0.1) is 4.91 Å². The second-order valence-electron chi connectivity index (χ2n) is 6.61. The van der Waals surface area contributed by atoms with Crippen molar-refractivity contribution >= 4 is 45.9 Å². The predicted molar refractivity (Wildman–Crippen MR) is 119 cm³/mol. The van der Waals surface area contributed by atoms with E-state index < -0.39 is 0 Å². The van der Waals surface area contributed by atoms with E-state index in [0.717, 1.165) is 0 Å². The van der Waals surface area contributed by atoms with E-state index in [2.05, 4.69) is 26.3 Å². The largest absolute Gasteiger partial charge is 0.326 e. The standard InChI is InChI=1S/C22H20N6O3/c1-15(29)23-17-3-7-19(8-4-17)25-26-20-11-13-22(14-12-20)28(31)27-21-9-5-18(6-10-21)24-16(2)30/h3-14H,1-2H3,(H2-,23,24,25,26,27,29,30,31)/p+1. The van der Waals surface area contributed by atoms with Crippen LogP contribution < -0.4 is 16.1 Å². The van der Waals surface area contributed by atoms with E-state index >= 15 is 0 Å². The summed E-state index contributed by atoms with van der Waals surface area (Å²) in [6.07, 6.45) is 0. The second kappa shape index (κ2) is 9.88. The van der Waals surface area contributed by atoms with Crippen molar-refractivity contribution in [3.05, 3.63) is 77.7 Å². The first-order chi connectivity index (χ1) is 14.9. The van der Waals surface area contributed by atoms with Crippen molar-refractivity contribution in [2.45, 2.75) is 13.8 Å². The Morgan fingerprint density at radius 1 is 0.645 bits per heavy atom. The normalized spacial score (nSPS) is 10.5. The van der Waals surface area contributed by atoms with Gasteiger partial charge in [0.1, 0.15) is 5.69 Å². The lowest BCUT2D eigenvalue weighted by molar-refractivity contribution is -0.427. The van der Waals surface area contributed by atoms with Crippen LogP contribution in [-0.2, 0) is 9.59 Å². The van der Waals surface area contributed by atoms with Crippen molar-refractivity contribution in [2.75, 3.05) is 16.1 Å². The lowest BCUT2D eigenvalue weighted by Crippen LogP contribution is -2.10. The molecule has 2 amide bonds. The van der Waals surface area contributed by atoms with Gasteiger partial charge in [-0.1, -0.05) is 0 Å². The molecule has 3 N–H and O–H groups in total. The zero-order valence-corrected chi connectivity index (χ0v) is 17.0. The summed E-state index contributed by atoms with van der Waals surface area (Å²) in [5, 5.41) is 13.6. The highest BCUT2D eigenvalue weighted by atomic mass is 16.3. The molecule has 0 aliphatic rings. The highest BCUT2D eigenvalue weighted by Gasteiger charge is 2.14. The van der Waals surface area contributed by atoms with Crippen LogP contribution in [0.25, 0.3) is 0 Å². The molecule has 0 bridgehead atoms. The summed E-state index contributed by atoms with van der Waals surface area (Å²) in [5.41, 5.74) is 6.24. The second-order valence-corrected chi connectivity index (χ2v) is 6.61. The number of nitrogens with zero attached hydrogens (tertiary/aromatic N) is 3. The third-order valence-electron chi connectivity index (χ3n) is 3.99. The monoisotopic (exact) mass is 417 g/mol. The van der Waals surface area contributed by atoms with Gasteiger partial charge in [-0.2, -0.15) is 10.2 Å². The number of azo groups is 1. The number of carbonyl (C=O) groups is 2. The van der Waals surface area contributed by atoms with Crippen molar-refractivity contribution in [1.29, 1.82) is 0 Å². The van der Waals surface area contributed by atoms with E-state index in [0.29, 0.717) is 39.0 Å². The molecule has 0 aliphatic heterocycles. The quantitative estimate of drug-likeness (QED) is 0.269. The van der Waals surface area contributed by atoms with Crippen LogP contribution in [0.4, 0.5) is 34.1 Å². The molecule has 9 heteroatoms. The van der Waals surface area contributed by atoms with Gasteiger partial charge < -0.3 is 10.6 Å². The van der Waals surface area contributed by atoms with Crippen molar-refractivity contribution in [2.24, 2.45) is 10.2 Å². The minimum atomic E-state index is -0.162. The molecular formula is C22H21N6O3+. The van der Waals surface area contributed by atoms with Gasteiger partial charge >= 0.3 is 0 Å². The molecule has 156 valence electrons. The van der Waals surface area contributed by atoms with Crippen molar-refractivity contribution in [3.63, 3.8) is 0 Å². The molecule has 9 nitrogen and oxygen atoms in total. The molecule has 0 radical (unpaired) electrons. The van der Waals surface area contributed by atoms with Crippen LogP contribution in [-0.4, -0.2) is 16.7 Å². The van der Waals surface area contributed by atoms with E-state index in [-0.39, 0.29) is 11.8 Å². The van der Waals surface area contributed by atoms with Crippen LogP contribution in [0.1, 0.15) is 13.8 Å². The fraction of sp³-hybridized carbons (Fsp3) is 0.0909. The first-order valence-corrected chi connectivity index (χ1v) is 9.40. The van der Waals surface area contributed by atoms with Gasteiger partial charge in [0.15, 0.2) is 4.87 Å². The number of amides is 2. The minimum absolute atomic E-state index is 0.140. The molecule has 3 aromatic rings. The highest BCUT2D eigenvalue weighted by molar-refractivity contribution is 5.89. The van der Waals surface area contributed by atoms with E-state index in [4.69, 9.17) is 0 Å². The van der Waals surface area contributed by atoms with Crippen LogP contribution in [0.15, 0.2) is 83.0 Å². The molecule has 0 aliphatic carbocycles. The lowest BCUT2D eigenvalue weighted by atomic mass is 10.3. The molecule has 0 fully saturated rings. The van der Waals surface area contributed by atoms with Crippen molar-refractivity contribution in [1.82, 2.24) is 0 Å². The molecule has 0 saturated heterocycles. The molecular weight excluding hydrogens is 396 g/mol. The van der Waals surface area contributed by atoms with Gasteiger partial charge in [0.25, 0.3) is 5.69 Å². The van der Waals surface area contributed by atoms with E-state index in [9.17, 15) is 14.5 Å². The Labute approximate surface area is 178 Å². The van der Waals surface area contributed by atoms with Crippen molar-refractivity contribution < 1.29 is 14.5 Å². The number of anilines is 3. The van der Waals surface area contributed by atoms with Crippen molar-refractivity contribution in [3.8, 4) is 0 Å². The molecule has 31 heavy (non-hydrogen) atoms. The summed E-state index contributed by atoms with van der Waals surface area (Å²) >= 11 is 0. The summed E-state index contributed by atoms with van der Waals surface area (Å²) in [6.45, 7) is 2.87. The zero-order valence-electron chi connectivity index (χ0n) is 17.0. The number of carbonyl (C=O) groups excluding carboxylic acids is 2. The summed E-state index contributed by atoms with van der Waals surface area (Å²) in [7, 11) is 0. The SMILES string of the molecule is CC(=O)Nc1ccc(N=Nc2ccc([N+](=O)Nc3ccc(NC(C)=O)cc3)cc2)cc1. The van der Waals surface area contributed by atoms with E-state index in [1.165, 1.54) is 13.8 Å². The number of nitrogens with one attached hydrogen (secondary N) is 3. The molecule has 0 spiro atoms. The van der Waals surface area contributed by atoms with E-state index in [1.54, 1.807) is 72.8 Å². The first-order valence-electron chi connectivity index (χ1n) is 9.40. The third kappa shape index (κ3) is 6.57. The number of hydrazine groups is 1. The Kier molecular flexibility index (Phi) is 6.79. The van der Waals surface area contributed by atoms with Gasteiger partial charge in [-0.25, -0.2) is 0 Å². The van der Waals surface area contributed by atoms with Gasteiger partial charge in [0, 0.05) is 37.4 Å². The molecule has 3 aromatic carbocycles. The molecule has 0 atom stereocenters. The summed E-state index contributed by atoms with van der Waals surface area (Å²) < 4.78 is 0. The average Bonchev–Trinajstić information content (AvgIpc) is 2.74. The number of hydrogen-bond donors (Lipinski definition) is 3. The summed E-state index contributed by atoms with van der Waals surface area (Å²) in [4.78, 5) is 35.1. The smallest absolute Gasteiger partial charge is 0.292 e. The first kappa shape index (κ1) is 21.3. The predicted octanol–water partition coefficient (Wildman–Crippen LogP) is 5.46. The van der Waals surface area contributed by atoms with Crippen LogP contribution >= 0.6 is 0 Å². The number of rotatable bonds is 7. The Hall–Kier alpha value is -4.40. The summed E-state index contributed by atoms with van der Waals surface area (Å²) in [5.74, 6) is -0.302. The third-order valence-corrected chi connectivity index (χ3v) is 3.99. The van der Waals surface area contributed by atoms with Crippen LogP contribution in [0.3, 0.4) is 0 Å². The Morgan fingerprint density at radius 2 is 1.03 bits per heavy atom. The molecule has 0 unspecified atom stereocenters. The topological polar surface area (TPSA) is 115 Å². The number of hydrogen-bond acceptors (Lipinski definition) is 5. The molecule has 0 saturated carbocycles. The summed E-state index contributed by atoms with van der Waals surface area (Å²) in [6, 6.07) is 20.3. The minimum Gasteiger partial charge on any atom is -0.326 e.